The van der Waals surface area contributed by atoms with E-state index in [1.165, 1.54) is 6.07 Å². The summed E-state index contributed by atoms with van der Waals surface area (Å²) < 4.78 is 15.6. The zero-order chi connectivity index (χ0) is 14.3. The second-order valence-corrected chi connectivity index (χ2v) is 5.55. The van der Waals surface area contributed by atoms with Gasteiger partial charge in [-0.25, -0.2) is 9.37 Å². The molecule has 3 rings (SSSR count). The zero-order valence-electron chi connectivity index (χ0n) is 11.8. The monoisotopic (exact) mass is 274 g/mol. The fourth-order valence-electron chi connectivity index (χ4n) is 2.96. The van der Waals surface area contributed by atoms with Gasteiger partial charge >= 0.3 is 0 Å². The van der Waals surface area contributed by atoms with Gasteiger partial charge in [0.1, 0.15) is 11.6 Å². The molecule has 5 heteroatoms. The van der Waals surface area contributed by atoms with E-state index in [0.717, 1.165) is 29.7 Å². The molecule has 1 aliphatic carbocycles. The van der Waals surface area contributed by atoms with Crippen LogP contribution in [0.15, 0.2) is 23.2 Å². The van der Waals surface area contributed by atoms with Crippen molar-refractivity contribution in [3.8, 4) is 0 Å². The minimum Gasteiger partial charge on any atom is -0.323 e. The van der Waals surface area contributed by atoms with Crippen molar-refractivity contribution in [3.63, 3.8) is 0 Å². The van der Waals surface area contributed by atoms with Crippen LogP contribution in [0.5, 0.6) is 0 Å². The lowest BCUT2D eigenvalue weighted by Gasteiger charge is -2.35. The van der Waals surface area contributed by atoms with Crippen molar-refractivity contribution in [1.82, 2.24) is 9.55 Å². The lowest BCUT2D eigenvalue weighted by atomic mass is 9.80. The van der Waals surface area contributed by atoms with Crippen molar-refractivity contribution in [3.05, 3.63) is 29.8 Å². The molecule has 0 saturated heterocycles. The molecule has 0 radical (unpaired) electrons. The van der Waals surface area contributed by atoms with Crippen molar-refractivity contribution < 1.29 is 4.39 Å². The molecule has 0 bridgehead atoms. The summed E-state index contributed by atoms with van der Waals surface area (Å²) in [6.45, 7) is 1.91. The quantitative estimate of drug-likeness (QED) is 0.875. The molecule has 0 aliphatic heterocycles. The Bertz CT molecular complexity index is 653. The van der Waals surface area contributed by atoms with Crippen molar-refractivity contribution in [2.45, 2.75) is 31.8 Å². The fourth-order valence-corrected chi connectivity index (χ4v) is 2.96. The molecule has 106 valence electrons. The van der Waals surface area contributed by atoms with Gasteiger partial charge in [0, 0.05) is 19.3 Å². The van der Waals surface area contributed by atoms with E-state index in [0.29, 0.717) is 12.0 Å². The maximum absolute atomic E-state index is 13.5. The van der Waals surface area contributed by atoms with Gasteiger partial charge in [-0.1, -0.05) is 0 Å². The highest BCUT2D eigenvalue weighted by atomic mass is 19.1. The molecule has 2 N–H and O–H groups in total. The molecular formula is C15H19FN4. The summed E-state index contributed by atoms with van der Waals surface area (Å²) in [7, 11) is 1.79. The second-order valence-electron chi connectivity index (χ2n) is 5.55. The third kappa shape index (κ3) is 2.12. The predicted octanol–water partition coefficient (Wildman–Crippen LogP) is 2.85. The highest BCUT2D eigenvalue weighted by Crippen LogP contribution is 2.40. The Morgan fingerprint density at radius 3 is 2.90 bits per heavy atom. The van der Waals surface area contributed by atoms with Crippen LogP contribution in [0.25, 0.3) is 11.0 Å². The Morgan fingerprint density at radius 1 is 1.50 bits per heavy atom. The maximum Gasteiger partial charge on any atom is 0.126 e. The van der Waals surface area contributed by atoms with Gasteiger partial charge in [-0.15, -0.1) is 0 Å². The molecular weight excluding hydrogens is 255 g/mol. The molecule has 1 aromatic heterocycles. The van der Waals surface area contributed by atoms with Crippen LogP contribution < -0.4 is 5.73 Å². The number of fused-ring (bicyclic) bond motifs is 1. The molecule has 0 spiro atoms. The molecule has 4 nitrogen and oxygen atoms in total. The van der Waals surface area contributed by atoms with Gasteiger partial charge in [-0.05, 0) is 43.9 Å². The van der Waals surface area contributed by atoms with E-state index in [1.54, 1.807) is 19.2 Å². The first kappa shape index (κ1) is 13.2. The number of imidazole rings is 1. The standard InChI is InChI=1S/C15H19FN4/c1-9(17)15-19-13-4-3-11(16)7-14(13)20(15)12-5-10(6-12)8-18-2/h3-4,7-10,12H,5-6,17H2,1-2H3. The van der Waals surface area contributed by atoms with Crippen molar-refractivity contribution >= 4 is 17.2 Å². The minimum absolute atomic E-state index is 0.163. The largest absolute Gasteiger partial charge is 0.323 e. The van der Waals surface area contributed by atoms with Gasteiger partial charge in [-0.3, -0.25) is 0 Å². The number of nitrogens with two attached hydrogens (primary N) is 1. The lowest BCUT2D eigenvalue weighted by Crippen LogP contribution is -2.30. The number of benzene rings is 1. The Morgan fingerprint density at radius 2 is 2.25 bits per heavy atom. The highest BCUT2D eigenvalue weighted by Gasteiger charge is 2.32. The fraction of sp³-hybridized carbons (Fsp3) is 0.467. The number of nitrogens with zero attached hydrogens (tertiary/aromatic N) is 3. The number of hydrogen-bond donors (Lipinski definition) is 1. The van der Waals surface area contributed by atoms with Gasteiger partial charge in [0.25, 0.3) is 0 Å². The van der Waals surface area contributed by atoms with Crippen LogP contribution in [-0.4, -0.2) is 22.8 Å². The number of hydrogen-bond acceptors (Lipinski definition) is 3. The number of halogens is 1. The summed E-state index contributed by atoms with van der Waals surface area (Å²) in [4.78, 5) is 8.64. The summed E-state index contributed by atoms with van der Waals surface area (Å²) in [5, 5.41) is 0. The molecule has 1 unspecified atom stereocenters. The van der Waals surface area contributed by atoms with Crippen LogP contribution in [-0.2, 0) is 0 Å². The second kappa shape index (κ2) is 4.98. The molecule has 0 amide bonds. The first-order valence-corrected chi connectivity index (χ1v) is 6.95. The van der Waals surface area contributed by atoms with E-state index < -0.39 is 0 Å². The van der Waals surface area contributed by atoms with Crippen molar-refractivity contribution in [1.29, 1.82) is 0 Å². The molecule has 20 heavy (non-hydrogen) atoms. The van der Waals surface area contributed by atoms with Crippen LogP contribution in [0.3, 0.4) is 0 Å². The van der Waals surface area contributed by atoms with Crippen LogP contribution in [0.2, 0.25) is 0 Å². The van der Waals surface area contributed by atoms with Gasteiger partial charge in [-0.2, -0.15) is 0 Å². The summed E-state index contributed by atoms with van der Waals surface area (Å²) in [5.41, 5.74) is 7.68. The van der Waals surface area contributed by atoms with E-state index in [4.69, 9.17) is 5.73 Å². The molecule has 1 saturated carbocycles. The molecule has 2 aromatic rings. The van der Waals surface area contributed by atoms with Gasteiger partial charge in [0.05, 0.1) is 17.1 Å². The summed E-state index contributed by atoms with van der Waals surface area (Å²) in [6, 6.07) is 4.89. The minimum atomic E-state index is -0.235. The number of aromatic nitrogens is 2. The van der Waals surface area contributed by atoms with Gasteiger partial charge in [0.2, 0.25) is 0 Å². The first-order chi connectivity index (χ1) is 9.60. The lowest BCUT2D eigenvalue weighted by molar-refractivity contribution is 0.260. The molecule has 1 fully saturated rings. The van der Waals surface area contributed by atoms with Crippen LogP contribution >= 0.6 is 0 Å². The third-order valence-electron chi connectivity index (χ3n) is 3.96. The summed E-state index contributed by atoms with van der Waals surface area (Å²) >= 11 is 0. The Kier molecular flexibility index (Phi) is 3.30. The van der Waals surface area contributed by atoms with E-state index >= 15 is 0 Å². The van der Waals surface area contributed by atoms with E-state index in [2.05, 4.69) is 14.5 Å². The SMILES string of the molecule is CN=CC1CC(n2c(C(C)N)nc3ccc(F)cc32)C1. The Hall–Kier alpha value is -1.75. The molecule has 1 aromatic carbocycles. The highest BCUT2D eigenvalue weighted by molar-refractivity contribution is 5.76. The summed E-state index contributed by atoms with van der Waals surface area (Å²) in [6.07, 6.45) is 4.01. The predicted molar refractivity (Wildman–Crippen MR) is 78.5 cm³/mol. The van der Waals surface area contributed by atoms with Crippen LogP contribution in [0.1, 0.15) is 37.7 Å². The first-order valence-electron chi connectivity index (χ1n) is 6.95. The average molecular weight is 274 g/mol. The molecule has 1 aliphatic rings. The van der Waals surface area contributed by atoms with Crippen LogP contribution in [0, 0.1) is 11.7 Å². The summed E-state index contributed by atoms with van der Waals surface area (Å²) in [5.74, 6) is 1.11. The number of rotatable bonds is 3. The van der Waals surface area contributed by atoms with Gasteiger partial charge in [0.15, 0.2) is 0 Å². The van der Waals surface area contributed by atoms with E-state index in [-0.39, 0.29) is 11.9 Å². The number of aliphatic imine (C=N–C) groups is 1. The molecule has 1 atom stereocenters. The zero-order valence-corrected chi connectivity index (χ0v) is 11.8. The van der Waals surface area contributed by atoms with Crippen molar-refractivity contribution in [2.24, 2.45) is 16.6 Å². The van der Waals surface area contributed by atoms with E-state index in [9.17, 15) is 4.39 Å². The average Bonchev–Trinajstić information content (AvgIpc) is 2.72. The van der Waals surface area contributed by atoms with Gasteiger partial charge < -0.3 is 15.3 Å². The molecule has 1 heterocycles. The van der Waals surface area contributed by atoms with E-state index in [1.807, 2.05) is 13.1 Å². The van der Waals surface area contributed by atoms with Crippen molar-refractivity contribution in [2.75, 3.05) is 7.05 Å². The maximum atomic E-state index is 13.5. The Labute approximate surface area is 117 Å². The smallest absolute Gasteiger partial charge is 0.126 e. The van der Waals surface area contributed by atoms with Crippen LogP contribution in [0.4, 0.5) is 4.39 Å². The third-order valence-corrected chi connectivity index (χ3v) is 3.96. The normalized spacial score (nSPS) is 24.2. The Balaban J connectivity index is 2.03. The topological polar surface area (TPSA) is 56.2 Å².